The standard InChI is InChI=1S/C21H35FN2O2Si/c1-21(2,3)27(4,5)26-19(20(23)25)15-24-12-10-17(11-13-24)14-16-6-8-18(22)9-7-16/h6-9,17,19H,10-15H2,1-5H3,(H2,23,25). The fraction of sp³-hybridized carbons (Fsp3) is 0.667. The molecule has 2 rings (SSSR count). The minimum absolute atomic E-state index is 0.0445. The van der Waals surface area contributed by atoms with E-state index in [-0.39, 0.29) is 16.8 Å². The Kier molecular flexibility index (Phi) is 7.22. The van der Waals surface area contributed by atoms with Crippen molar-refractivity contribution in [3.05, 3.63) is 35.6 Å². The summed E-state index contributed by atoms with van der Waals surface area (Å²) in [5.41, 5.74) is 6.83. The Morgan fingerprint density at radius 2 is 1.81 bits per heavy atom. The predicted molar refractivity (Wildman–Crippen MR) is 111 cm³/mol. The summed E-state index contributed by atoms with van der Waals surface area (Å²) in [5, 5.41) is 0.0445. The van der Waals surface area contributed by atoms with E-state index in [1.807, 2.05) is 12.1 Å². The Labute approximate surface area is 164 Å². The van der Waals surface area contributed by atoms with Crippen LogP contribution in [-0.4, -0.2) is 44.9 Å². The first-order valence-electron chi connectivity index (χ1n) is 9.92. The largest absolute Gasteiger partial charge is 0.404 e. The second-order valence-corrected chi connectivity index (χ2v) is 14.1. The lowest BCUT2D eigenvalue weighted by Crippen LogP contribution is -2.52. The fourth-order valence-electron chi connectivity index (χ4n) is 3.28. The Balaban J connectivity index is 1.86. The number of nitrogens with zero attached hydrogens (tertiary/aromatic N) is 1. The molecule has 6 heteroatoms. The van der Waals surface area contributed by atoms with Crippen LogP contribution < -0.4 is 5.73 Å². The van der Waals surface area contributed by atoms with Gasteiger partial charge in [-0.1, -0.05) is 32.9 Å². The summed E-state index contributed by atoms with van der Waals surface area (Å²) < 4.78 is 19.3. The van der Waals surface area contributed by atoms with Crippen LogP contribution in [0.2, 0.25) is 18.1 Å². The van der Waals surface area contributed by atoms with Gasteiger partial charge in [0.1, 0.15) is 11.9 Å². The number of carbonyl (C=O) groups excluding carboxylic acids is 1. The van der Waals surface area contributed by atoms with Crippen LogP contribution in [0.1, 0.15) is 39.2 Å². The van der Waals surface area contributed by atoms with Gasteiger partial charge in [0.05, 0.1) is 0 Å². The quantitative estimate of drug-likeness (QED) is 0.712. The molecule has 4 nitrogen and oxygen atoms in total. The number of hydrogen-bond donors (Lipinski definition) is 1. The highest BCUT2D eigenvalue weighted by Crippen LogP contribution is 2.37. The average Bonchev–Trinajstić information content (AvgIpc) is 2.56. The van der Waals surface area contributed by atoms with Gasteiger partial charge in [0.2, 0.25) is 5.91 Å². The van der Waals surface area contributed by atoms with Gasteiger partial charge in [-0.05, 0) is 74.1 Å². The van der Waals surface area contributed by atoms with Crippen LogP contribution in [0.25, 0.3) is 0 Å². The van der Waals surface area contributed by atoms with Crippen molar-refractivity contribution in [1.29, 1.82) is 0 Å². The number of amides is 1. The second kappa shape index (κ2) is 8.84. The number of piperidine rings is 1. The van der Waals surface area contributed by atoms with Crippen molar-refractivity contribution in [2.75, 3.05) is 19.6 Å². The molecule has 1 amide bonds. The molecule has 1 heterocycles. The first-order chi connectivity index (χ1) is 12.5. The first kappa shape index (κ1) is 22.1. The lowest BCUT2D eigenvalue weighted by Gasteiger charge is -2.40. The Bertz CT molecular complexity index is 620. The molecule has 0 bridgehead atoms. The molecule has 1 aromatic carbocycles. The number of hydrogen-bond acceptors (Lipinski definition) is 3. The second-order valence-electron chi connectivity index (χ2n) is 9.34. The van der Waals surface area contributed by atoms with Crippen molar-refractivity contribution in [2.45, 2.75) is 64.3 Å². The van der Waals surface area contributed by atoms with E-state index in [4.69, 9.17) is 10.2 Å². The number of rotatable bonds is 7. The molecular weight excluding hydrogens is 359 g/mol. The first-order valence-corrected chi connectivity index (χ1v) is 12.8. The van der Waals surface area contributed by atoms with Gasteiger partial charge in [0.15, 0.2) is 8.32 Å². The molecule has 0 radical (unpaired) electrons. The number of halogens is 1. The Morgan fingerprint density at radius 3 is 2.30 bits per heavy atom. The number of carbonyl (C=O) groups is 1. The van der Waals surface area contributed by atoms with Crippen LogP contribution in [0.5, 0.6) is 0 Å². The van der Waals surface area contributed by atoms with Crippen LogP contribution in [0, 0.1) is 11.7 Å². The van der Waals surface area contributed by atoms with E-state index in [1.54, 1.807) is 0 Å². The maximum atomic E-state index is 13.0. The van der Waals surface area contributed by atoms with E-state index in [9.17, 15) is 9.18 Å². The van der Waals surface area contributed by atoms with Crippen LogP contribution in [0.3, 0.4) is 0 Å². The summed E-state index contributed by atoms with van der Waals surface area (Å²) in [6.45, 7) is 13.3. The topological polar surface area (TPSA) is 55.6 Å². The molecule has 152 valence electrons. The highest BCUT2D eigenvalue weighted by molar-refractivity contribution is 6.74. The number of benzene rings is 1. The molecule has 0 saturated carbocycles. The van der Waals surface area contributed by atoms with E-state index in [0.717, 1.165) is 32.4 Å². The maximum absolute atomic E-state index is 13.0. The molecule has 1 aromatic rings. The van der Waals surface area contributed by atoms with Crippen molar-refractivity contribution in [2.24, 2.45) is 11.7 Å². The molecule has 0 aromatic heterocycles. The molecule has 27 heavy (non-hydrogen) atoms. The summed E-state index contributed by atoms with van der Waals surface area (Å²) in [6.07, 6.45) is 2.58. The number of nitrogens with two attached hydrogens (primary N) is 1. The fourth-order valence-corrected chi connectivity index (χ4v) is 4.53. The zero-order valence-electron chi connectivity index (χ0n) is 17.4. The highest BCUT2D eigenvalue weighted by Gasteiger charge is 2.40. The monoisotopic (exact) mass is 394 g/mol. The van der Waals surface area contributed by atoms with Gasteiger partial charge in [0, 0.05) is 6.54 Å². The van der Waals surface area contributed by atoms with Crippen LogP contribution in [0.15, 0.2) is 24.3 Å². The van der Waals surface area contributed by atoms with Gasteiger partial charge in [-0.15, -0.1) is 0 Å². The van der Waals surface area contributed by atoms with E-state index in [0.29, 0.717) is 12.5 Å². The van der Waals surface area contributed by atoms with Gasteiger partial charge in [-0.25, -0.2) is 4.39 Å². The van der Waals surface area contributed by atoms with Gasteiger partial charge in [-0.3, -0.25) is 4.79 Å². The van der Waals surface area contributed by atoms with Gasteiger partial charge >= 0.3 is 0 Å². The van der Waals surface area contributed by atoms with E-state index in [1.165, 1.54) is 17.7 Å². The molecular formula is C21H35FN2O2Si. The lowest BCUT2D eigenvalue weighted by molar-refractivity contribution is -0.126. The smallest absolute Gasteiger partial charge is 0.246 e. The van der Waals surface area contributed by atoms with Crippen molar-refractivity contribution in [3.63, 3.8) is 0 Å². The zero-order chi connectivity index (χ0) is 20.2. The minimum atomic E-state index is -2.04. The molecule has 1 atom stereocenters. The third-order valence-electron chi connectivity index (χ3n) is 6.13. The lowest BCUT2D eigenvalue weighted by atomic mass is 9.90. The molecule has 1 fully saturated rings. The van der Waals surface area contributed by atoms with Gasteiger partial charge in [-0.2, -0.15) is 0 Å². The van der Waals surface area contributed by atoms with Crippen LogP contribution in [0.4, 0.5) is 4.39 Å². The molecule has 0 aliphatic carbocycles. The molecule has 1 aliphatic rings. The summed E-state index contributed by atoms with van der Waals surface area (Å²) in [6, 6.07) is 6.80. The Morgan fingerprint density at radius 1 is 1.26 bits per heavy atom. The summed E-state index contributed by atoms with van der Waals surface area (Å²) in [4.78, 5) is 14.3. The average molecular weight is 395 g/mol. The molecule has 1 saturated heterocycles. The zero-order valence-corrected chi connectivity index (χ0v) is 18.4. The van der Waals surface area contributed by atoms with Crippen LogP contribution in [-0.2, 0) is 15.6 Å². The Hall–Kier alpha value is -1.24. The molecule has 0 spiro atoms. The van der Waals surface area contributed by atoms with Gasteiger partial charge < -0.3 is 15.1 Å². The third kappa shape index (κ3) is 6.40. The summed E-state index contributed by atoms with van der Waals surface area (Å²) in [7, 11) is -2.04. The minimum Gasteiger partial charge on any atom is -0.404 e. The maximum Gasteiger partial charge on any atom is 0.246 e. The third-order valence-corrected chi connectivity index (χ3v) is 10.6. The van der Waals surface area contributed by atoms with Crippen molar-refractivity contribution in [3.8, 4) is 0 Å². The predicted octanol–water partition coefficient (Wildman–Crippen LogP) is 3.96. The number of likely N-dealkylation sites (tertiary alicyclic amines) is 1. The molecule has 1 aliphatic heterocycles. The molecule has 2 N–H and O–H groups in total. The number of primary amides is 1. The normalized spacial score (nSPS) is 18.4. The summed E-state index contributed by atoms with van der Waals surface area (Å²) in [5.74, 6) is 0.0427. The molecule has 1 unspecified atom stereocenters. The van der Waals surface area contributed by atoms with Gasteiger partial charge in [0.25, 0.3) is 0 Å². The highest BCUT2D eigenvalue weighted by atomic mass is 28.4. The van der Waals surface area contributed by atoms with E-state index < -0.39 is 14.4 Å². The summed E-state index contributed by atoms with van der Waals surface area (Å²) >= 11 is 0. The van der Waals surface area contributed by atoms with Crippen molar-refractivity contribution in [1.82, 2.24) is 4.90 Å². The SMILES string of the molecule is CC(C)(C)[Si](C)(C)OC(CN1CCC(Cc2ccc(F)cc2)CC1)C(N)=O. The van der Waals surface area contributed by atoms with E-state index in [2.05, 4.69) is 38.8 Å². The van der Waals surface area contributed by atoms with Crippen molar-refractivity contribution < 1.29 is 13.6 Å². The van der Waals surface area contributed by atoms with E-state index >= 15 is 0 Å². The van der Waals surface area contributed by atoms with Crippen LogP contribution >= 0.6 is 0 Å². The van der Waals surface area contributed by atoms with Crippen molar-refractivity contribution >= 4 is 14.2 Å².